The number of rotatable bonds is 8. The van der Waals surface area contributed by atoms with E-state index in [1.807, 2.05) is 6.07 Å². The predicted molar refractivity (Wildman–Crippen MR) is 140 cm³/mol. The van der Waals surface area contributed by atoms with Gasteiger partial charge in [-0.15, -0.1) is 0 Å². The number of aromatic nitrogens is 1. The third-order valence-electron chi connectivity index (χ3n) is 5.82. The van der Waals surface area contributed by atoms with Crippen molar-refractivity contribution in [3.05, 3.63) is 83.7 Å². The molecular weight excluding hydrogens is 494 g/mol. The van der Waals surface area contributed by atoms with Crippen LogP contribution in [0.4, 0.5) is 11.4 Å². The van der Waals surface area contributed by atoms with Gasteiger partial charge in [0.1, 0.15) is 18.2 Å². The van der Waals surface area contributed by atoms with Crippen LogP contribution in [0.5, 0.6) is 5.75 Å². The van der Waals surface area contributed by atoms with Gasteiger partial charge in [-0.05, 0) is 36.4 Å². The summed E-state index contributed by atoms with van der Waals surface area (Å²) in [6, 6.07) is 17.1. The minimum atomic E-state index is -3.77. The van der Waals surface area contributed by atoms with Crippen LogP contribution in [0.25, 0.3) is 0 Å². The van der Waals surface area contributed by atoms with E-state index in [2.05, 4.69) is 4.98 Å². The van der Waals surface area contributed by atoms with Crippen molar-refractivity contribution < 1.29 is 22.7 Å². The van der Waals surface area contributed by atoms with Crippen LogP contribution in [0.2, 0.25) is 0 Å². The molecule has 0 saturated carbocycles. The summed E-state index contributed by atoms with van der Waals surface area (Å²) in [6.45, 7) is -0.102. The number of carbonyl (C=O) groups is 2. The Balaban J connectivity index is 1.83. The van der Waals surface area contributed by atoms with Crippen LogP contribution in [0.3, 0.4) is 0 Å². The summed E-state index contributed by atoms with van der Waals surface area (Å²) in [7, 11) is -0.667. The van der Waals surface area contributed by atoms with Gasteiger partial charge in [-0.1, -0.05) is 24.3 Å². The van der Waals surface area contributed by atoms with Gasteiger partial charge in [0.05, 0.1) is 29.0 Å². The molecule has 11 heteroatoms. The molecule has 1 aliphatic heterocycles. The number of hydrogen-bond acceptors (Lipinski definition) is 8. The van der Waals surface area contributed by atoms with Crippen molar-refractivity contribution in [2.24, 2.45) is 10.7 Å². The lowest BCUT2D eigenvalue weighted by Crippen LogP contribution is -2.39. The first kappa shape index (κ1) is 26.0. The number of amides is 1. The zero-order valence-corrected chi connectivity index (χ0v) is 21.5. The van der Waals surface area contributed by atoms with Crippen LogP contribution < -0.4 is 14.8 Å². The molecule has 0 fully saturated rings. The van der Waals surface area contributed by atoms with Crippen molar-refractivity contribution in [3.63, 3.8) is 0 Å². The van der Waals surface area contributed by atoms with Crippen molar-refractivity contribution >= 4 is 39.0 Å². The number of nitrogens with zero attached hydrogens (tertiary/aromatic N) is 4. The summed E-state index contributed by atoms with van der Waals surface area (Å²) in [5, 5.41) is 0. The first-order valence-corrected chi connectivity index (χ1v) is 13.3. The highest BCUT2D eigenvalue weighted by atomic mass is 32.2. The summed E-state index contributed by atoms with van der Waals surface area (Å²) in [5.74, 6) is -1.22. The maximum absolute atomic E-state index is 13.0. The second-order valence-electron chi connectivity index (χ2n) is 8.71. The van der Waals surface area contributed by atoms with Crippen LogP contribution in [-0.4, -0.2) is 62.8 Å². The number of para-hydroxylation sites is 1. The van der Waals surface area contributed by atoms with Gasteiger partial charge in [0, 0.05) is 38.0 Å². The van der Waals surface area contributed by atoms with Gasteiger partial charge < -0.3 is 15.4 Å². The summed E-state index contributed by atoms with van der Waals surface area (Å²) < 4.78 is 31.6. The Bertz CT molecular complexity index is 1470. The highest BCUT2D eigenvalue weighted by Gasteiger charge is 2.37. The quantitative estimate of drug-likeness (QED) is 0.273. The molecule has 4 rings (SSSR count). The number of fused-ring (bicyclic) bond motifs is 1. The van der Waals surface area contributed by atoms with Crippen LogP contribution in [-0.2, 0) is 26.2 Å². The molecule has 37 heavy (non-hydrogen) atoms. The maximum atomic E-state index is 13.0. The number of likely N-dealkylation sites (N-methyl/N-ethyl adjacent to an activating group) is 1. The lowest BCUT2D eigenvalue weighted by Gasteiger charge is -2.23. The van der Waals surface area contributed by atoms with E-state index in [4.69, 9.17) is 15.5 Å². The van der Waals surface area contributed by atoms with Crippen LogP contribution in [0, 0.1) is 0 Å². The first-order valence-electron chi connectivity index (χ1n) is 11.4. The Hall–Kier alpha value is -4.09. The molecule has 0 radical (unpaired) electrons. The third kappa shape index (κ3) is 5.68. The molecule has 3 aromatic rings. The van der Waals surface area contributed by atoms with Crippen LogP contribution in [0.15, 0.2) is 71.9 Å². The fourth-order valence-corrected chi connectivity index (χ4v) is 4.72. The SMILES string of the molecule is CN(C)C(=O)CN(c1cccc(N=C(c2ccc(CN)nc2)C2C(=O)Oc3ccccc32)c1)S(C)(=O)=O. The third-order valence-corrected chi connectivity index (χ3v) is 6.97. The summed E-state index contributed by atoms with van der Waals surface area (Å²) >= 11 is 0. The van der Waals surface area contributed by atoms with Crippen molar-refractivity contribution in [3.8, 4) is 5.75 Å². The minimum Gasteiger partial charge on any atom is -0.425 e. The fourth-order valence-electron chi connectivity index (χ4n) is 3.88. The Morgan fingerprint density at radius 3 is 2.51 bits per heavy atom. The van der Waals surface area contributed by atoms with Gasteiger partial charge >= 0.3 is 5.97 Å². The standard InChI is InChI=1S/C26H27N5O5S/c1-30(2)23(32)16-31(37(3,34)35)20-8-6-7-18(13-20)29-25(17-11-12-19(14-27)28-15-17)24-21-9-4-5-10-22(21)36-26(24)33/h4-13,15,24H,14,16,27H2,1-3H3. The molecule has 1 atom stereocenters. The first-order chi connectivity index (χ1) is 17.6. The number of carbonyl (C=O) groups excluding carboxylic acids is 2. The molecule has 0 saturated heterocycles. The molecule has 0 spiro atoms. The lowest BCUT2D eigenvalue weighted by molar-refractivity contribution is -0.132. The number of benzene rings is 2. The van der Waals surface area contributed by atoms with E-state index in [-0.39, 0.29) is 24.7 Å². The molecule has 1 unspecified atom stereocenters. The maximum Gasteiger partial charge on any atom is 0.325 e. The minimum absolute atomic E-state index is 0.260. The average molecular weight is 522 g/mol. The van der Waals surface area contributed by atoms with E-state index in [1.165, 1.54) is 4.90 Å². The highest BCUT2D eigenvalue weighted by molar-refractivity contribution is 7.92. The highest BCUT2D eigenvalue weighted by Crippen LogP contribution is 2.38. The zero-order chi connectivity index (χ0) is 26.7. The van der Waals surface area contributed by atoms with Gasteiger partial charge in [0.2, 0.25) is 15.9 Å². The Morgan fingerprint density at radius 2 is 1.86 bits per heavy atom. The van der Waals surface area contributed by atoms with Crippen molar-refractivity contribution in [1.29, 1.82) is 0 Å². The van der Waals surface area contributed by atoms with E-state index in [1.54, 1.807) is 74.9 Å². The number of esters is 1. The van der Waals surface area contributed by atoms with Gasteiger partial charge in [0.15, 0.2) is 0 Å². The van der Waals surface area contributed by atoms with Crippen LogP contribution >= 0.6 is 0 Å². The molecule has 0 bridgehead atoms. The average Bonchev–Trinajstić information content (AvgIpc) is 3.20. The Kier molecular flexibility index (Phi) is 7.37. The van der Waals surface area contributed by atoms with E-state index in [9.17, 15) is 18.0 Å². The van der Waals surface area contributed by atoms with Crippen molar-refractivity contribution in [1.82, 2.24) is 9.88 Å². The van der Waals surface area contributed by atoms with Crippen molar-refractivity contribution in [2.45, 2.75) is 12.5 Å². The summed E-state index contributed by atoms with van der Waals surface area (Å²) in [5.41, 5.74) is 8.66. The van der Waals surface area contributed by atoms with Gasteiger partial charge in [-0.2, -0.15) is 0 Å². The van der Waals surface area contributed by atoms with Crippen molar-refractivity contribution in [2.75, 3.05) is 31.2 Å². The van der Waals surface area contributed by atoms with Gasteiger partial charge in [0.25, 0.3) is 0 Å². The fraction of sp³-hybridized carbons (Fsp3) is 0.231. The van der Waals surface area contributed by atoms with E-state index < -0.39 is 21.9 Å². The Labute approximate surface area is 215 Å². The molecule has 192 valence electrons. The molecule has 0 aliphatic carbocycles. The normalized spacial score (nSPS) is 15.2. The number of sulfonamides is 1. The molecule has 2 aromatic carbocycles. The number of ether oxygens (including phenoxy) is 1. The molecular formula is C26H27N5O5S. The second-order valence-corrected chi connectivity index (χ2v) is 10.6. The number of hydrogen-bond donors (Lipinski definition) is 1. The van der Waals surface area contributed by atoms with E-state index in [0.717, 1.165) is 10.6 Å². The summed E-state index contributed by atoms with van der Waals surface area (Å²) in [4.78, 5) is 35.8. The lowest BCUT2D eigenvalue weighted by atomic mass is 9.91. The van der Waals surface area contributed by atoms with Gasteiger partial charge in [-0.3, -0.25) is 23.9 Å². The van der Waals surface area contributed by atoms with Gasteiger partial charge in [-0.25, -0.2) is 8.42 Å². The number of aliphatic imine (C=N–C) groups is 1. The monoisotopic (exact) mass is 521 g/mol. The molecule has 2 heterocycles. The Morgan fingerprint density at radius 1 is 1.11 bits per heavy atom. The zero-order valence-electron chi connectivity index (χ0n) is 20.7. The number of pyridine rings is 1. The van der Waals surface area contributed by atoms with E-state index in [0.29, 0.717) is 34.0 Å². The predicted octanol–water partition coefficient (Wildman–Crippen LogP) is 2.22. The number of anilines is 1. The van der Waals surface area contributed by atoms with E-state index >= 15 is 0 Å². The molecule has 1 aromatic heterocycles. The second kappa shape index (κ2) is 10.5. The molecule has 1 amide bonds. The number of nitrogens with two attached hydrogens (primary N) is 1. The summed E-state index contributed by atoms with van der Waals surface area (Å²) in [6.07, 6.45) is 2.63. The molecule has 2 N–H and O–H groups in total. The topological polar surface area (TPSA) is 135 Å². The van der Waals surface area contributed by atoms with Crippen LogP contribution in [0.1, 0.15) is 22.7 Å². The largest absolute Gasteiger partial charge is 0.425 e. The molecule has 10 nitrogen and oxygen atoms in total. The molecule has 1 aliphatic rings. The smallest absolute Gasteiger partial charge is 0.325 e.